The number of hydrogen-bond acceptors (Lipinski definition) is 3. The average molecular weight is 205 g/mol. The Bertz CT molecular complexity index is 243. The third-order valence-corrected chi connectivity index (χ3v) is 3.54. The van der Waals surface area contributed by atoms with Gasteiger partial charge in [0.25, 0.3) is 0 Å². The van der Waals surface area contributed by atoms with Crippen LogP contribution < -0.4 is 0 Å². The lowest BCUT2D eigenvalue weighted by molar-refractivity contribution is 0.200. The van der Waals surface area contributed by atoms with Crippen LogP contribution in [0.25, 0.3) is 0 Å². The molecular formula is C8H17N2O2S. The van der Waals surface area contributed by atoms with E-state index in [0.717, 1.165) is 19.6 Å². The highest BCUT2D eigenvalue weighted by molar-refractivity contribution is 7.88. The number of nitrogens with zero attached hydrogens (tertiary/aromatic N) is 2. The van der Waals surface area contributed by atoms with Crippen molar-refractivity contribution < 1.29 is 8.42 Å². The maximum absolute atomic E-state index is 11.2. The highest BCUT2D eigenvalue weighted by Crippen LogP contribution is 2.05. The molecular weight excluding hydrogens is 188 g/mol. The van der Waals surface area contributed by atoms with Crippen LogP contribution in [0.4, 0.5) is 0 Å². The Kier molecular flexibility index (Phi) is 3.70. The van der Waals surface area contributed by atoms with Crippen LogP contribution in [0.2, 0.25) is 0 Å². The molecule has 0 N–H and O–H groups in total. The molecule has 0 aliphatic carbocycles. The van der Waals surface area contributed by atoms with Gasteiger partial charge in [0.15, 0.2) is 0 Å². The zero-order valence-electron chi connectivity index (χ0n) is 8.23. The van der Waals surface area contributed by atoms with E-state index in [2.05, 4.69) is 11.3 Å². The van der Waals surface area contributed by atoms with E-state index >= 15 is 0 Å². The van der Waals surface area contributed by atoms with E-state index in [1.54, 1.807) is 4.31 Å². The minimum Gasteiger partial charge on any atom is -0.300 e. The van der Waals surface area contributed by atoms with Crippen molar-refractivity contribution >= 4 is 10.0 Å². The molecule has 0 aromatic carbocycles. The number of piperazine rings is 1. The van der Waals surface area contributed by atoms with Crippen LogP contribution in [0.5, 0.6) is 0 Å². The summed E-state index contributed by atoms with van der Waals surface area (Å²) in [5.41, 5.74) is 0. The van der Waals surface area contributed by atoms with E-state index in [0.29, 0.717) is 13.1 Å². The van der Waals surface area contributed by atoms with Crippen LogP contribution in [0.1, 0.15) is 6.92 Å². The molecule has 0 spiro atoms. The van der Waals surface area contributed by atoms with Crippen LogP contribution >= 0.6 is 0 Å². The van der Waals surface area contributed by atoms with Gasteiger partial charge in [0.05, 0.1) is 6.26 Å². The summed E-state index contributed by atoms with van der Waals surface area (Å²) in [6, 6.07) is 0. The smallest absolute Gasteiger partial charge is 0.211 e. The second kappa shape index (κ2) is 4.39. The molecule has 1 aliphatic rings. The summed E-state index contributed by atoms with van der Waals surface area (Å²) in [5.74, 6) is 0. The van der Waals surface area contributed by atoms with Gasteiger partial charge < -0.3 is 4.90 Å². The first-order chi connectivity index (χ1) is 6.04. The van der Waals surface area contributed by atoms with Gasteiger partial charge >= 0.3 is 0 Å². The Balaban J connectivity index is 2.39. The molecule has 13 heavy (non-hydrogen) atoms. The van der Waals surface area contributed by atoms with Crippen LogP contribution in [0.3, 0.4) is 0 Å². The van der Waals surface area contributed by atoms with E-state index in [4.69, 9.17) is 0 Å². The average Bonchev–Trinajstić information content (AvgIpc) is 2.04. The van der Waals surface area contributed by atoms with Gasteiger partial charge in [-0.1, -0.05) is 6.92 Å². The molecule has 0 aromatic rings. The topological polar surface area (TPSA) is 40.6 Å². The molecule has 1 aliphatic heterocycles. The molecule has 5 heteroatoms. The van der Waals surface area contributed by atoms with Crippen molar-refractivity contribution in [1.82, 2.24) is 9.21 Å². The van der Waals surface area contributed by atoms with Crippen molar-refractivity contribution in [3.8, 4) is 0 Å². The molecule has 1 radical (unpaired) electrons. The van der Waals surface area contributed by atoms with Crippen molar-refractivity contribution in [2.45, 2.75) is 6.92 Å². The SMILES string of the molecule is C[CH]CN1CCN(S(C)(=O)=O)CC1. The van der Waals surface area contributed by atoms with Gasteiger partial charge in [-0.3, -0.25) is 0 Å². The molecule has 0 aromatic heterocycles. The largest absolute Gasteiger partial charge is 0.300 e. The van der Waals surface area contributed by atoms with Gasteiger partial charge in [0.1, 0.15) is 0 Å². The Morgan fingerprint density at radius 1 is 1.23 bits per heavy atom. The van der Waals surface area contributed by atoms with Gasteiger partial charge in [0.2, 0.25) is 10.0 Å². The van der Waals surface area contributed by atoms with Gasteiger partial charge in [-0.2, -0.15) is 4.31 Å². The second-order valence-corrected chi connectivity index (χ2v) is 5.35. The molecule has 1 fully saturated rings. The fourth-order valence-electron chi connectivity index (χ4n) is 1.50. The minimum absolute atomic E-state index is 0.632. The summed E-state index contributed by atoms with van der Waals surface area (Å²) >= 11 is 0. The van der Waals surface area contributed by atoms with Crippen LogP contribution in [0.15, 0.2) is 0 Å². The first-order valence-corrected chi connectivity index (χ1v) is 6.34. The first kappa shape index (κ1) is 10.9. The summed E-state index contributed by atoms with van der Waals surface area (Å²) in [6.07, 6.45) is 3.37. The molecule has 0 saturated carbocycles. The fourth-order valence-corrected chi connectivity index (χ4v) is 2.33. The van der Waals surface area contributed by atoms with E-state index in [1.165, 1.54) is 6.26 Å². The predicted molar refractivity (Wildman–Crippen MR) is 52.8 cm³/mol. The molecule has 4 nitrogen and oxygen atoms in total. The summed E-state index contributed by atoms with van der Waals surface area (Å²) < 4.78 is 23.8. The van der Waals surface area contributed by atoms with Gasteiger partial charge in [-0.15, -0.1) is 0 Å². The van der Waals surface area contributed by atoms with Gasteiger partial charge in [-0.05, 0) is 6.42 Å². The minimum atomic E-state index is -2.97. The molecule has 0 unspecified atom stereocenters. The number of sulfonamides is 1. The summed E-state index contributed by atoms with van der Waals surface area (Å²) in [6.45, 7) is 5.93. The standard InChI is InChI=1S/C8H17N2O2S/c1-3-4-9-5-7-10(8-6-9)13(2,11)12/h3H,4-8H2,1-2H3. The first-order valence-electron chi connectivity index (χ1n) is 4.49. The highest BCUT2D eigenvalue weighted by atomic mass is 32.2. The summed E-state index contributed by atoms with van der Waals surface area (Å²) in [4.78, 5) is 2.25. The molecule has 77 valence electrons. The summed E-state index contributed by atoms with van der Waals surface area (Å²) in [5, 5.41) is 0. The van der Waals surface area contributed by atoms with Crippen molar-refractivity contribution in [2.24, 2.45) is 0 Å². The molecule has 0 atom stereocenters. The van der Waals surface area contributed by atoms with Crippen molar-refractivity contribution in [3.05, 3.63) is 6.42 Å². The molecule has 0 amide bonds. The third-order valence-electron chi connectivity index (χ3n) is 2.24. The lowest BCUT2D eigenvalue weighted by atomic mass is 10.3. The molecule has 1 saturated heterocycles. The quantitative estimate of drug-likeness (QED) is 0.640. The van der Waals surface area contributed by atoms with Crippen LogP contribution in [-0.2, 0) is 10.0 Å². The Morgan fingerprint density at radius 2 is 1.77 bits per heavy atom. The lowest BCUT2D eigenvalue weighted by Gasteiger charge is -2.32. The zero-order chi connectivity index (χ0) is 9.90. The van der Waals surface area contributed by atoms with Crippen molar-refractivity contribution in [2.75, 3.05) is 39.0 Å². The van der Waals surface area contributed by atoms with Crippen LogP contribution in [-0.4, -0.2) is 56.6 Å². The summed E-state index contributed by atoms with van der Waals surface area (Å²) in [7, 11) is -2.97. The Morgan fingerprint density at radius 3 is 2.15 bits per heavy atom. The van der Waals surface area contributed by atoms with E-state index < -0.39 is 10.0 Å². The van der Waals surface area contributed by atoms with Gasteiger partial charge in [-0.25, -0.2) is 8.42 Å². The lowest BCUT2D eigenvalue weighted by Crippen LogP contribution is -2.48. The third kappa shape index (κ3) is 3.25. The predicted octanol–water partition coefficient (Wildman–Crippen LogP) is -0.212. The fraction of sp³-hybridized carbons (Fsp3) is 0.875. The Hall–Kier alpha value is -0.130. The molecule has 1 rings (SSSR count). The maximum atomic E-state index is 11.2. The van der Waals surface area contributed by atoms with E-state index in [-0.39, 0.29) is 0 Å². The maximum Gasteiger partial charge on any atom is 0.211 e. The normalized spacial score (nSPS) is 22.0. The van der Waals surface area contributed by atoms with Crippen molar-refractivity contribution in [1.29, 1.82) is 0 Å². The number of hydrogen-bond donors (Lipinski definition) is 0. The highest BCUT2D eigenvalue weighted by Gasteiger charge is 2.22. The van der Waals surface area contributed by atoms with E-state index in [1.807, 2.05) is 6.92 Å². The molecule has 0 bridgehead atoms. The Labute approximate surface area is 80.6 Å². The zero-order valence-corrected chi connectivity index (χ0v) is 9.05. The van der Waals surface area contributed by atoms with Crippen molar-refractivity contribution in [3.63, 3.8) is 0 Å². The van der Waals surface area contributed by atoms with Gasteiger partial charge in [0, 0.05) is 32.7 Å². The van der Waals surface area contributed by atoms with Crippen LogP contribution in [0, 0.1) is 6.42 Å². The second-order valence-electron chi connectivity index (χ2n) is 3.37. The van der Waals surface area contributed by atoms with E-state index in [9.17, 15) is 8.42 Å². The molecule has 1 heterocycles. The number of rotatable bonds is 3. The monoisotopic (exact) mass is 205 g/mol.